The molecule has 2 atom stereocenters. The Bertz CT molecular complexity index is 535. The molecule has 0 saturated carbocycles. The van der Waals surface area contributed by atoms with E-state index in [1.54, 1.807) is 0 Å². The quantitative estimate of drug-likeness (QED) is 0.926. The number of carbonyl (C=O) groups excluding carboxylic acids is 1. The number of carbonyl (C=O) groups is 1. The molecule has 0 radical (unpaired) electrons. The molecule has 0 unspecified atom stereocenters. The number of amides is 1. The van der Waals surface area contributed by atoms with Gasteiger partial charge in [0, 0.05) is 32.6 Å². The Labute approximate surface area is 130 Å². The smallest absolute Gasteiger partial charge is 0.220 e. The van der Waals surface area contributed by atoms with Crippen LogP contribution in [0.5, 0.6) is 5.75 Å². The second-order valence-electron chi connectivity index (χ2n) is 6.07. The molecule has 1 N–H and O–H groups in total. The van der Waals surface area contributed by atoms with Gasteiger partial charge in [0.25, 0.3) is 0 Å². The number of piperidine rings is 1. The number of likely N-dealkylation sites (tertiary alicyclic amines) is 1. The summed E-state index contributed by atoms with van der Waals surface area (Å²) >= 11 is 6.12. The van der Waals surface area contributed by atoms with E-state index in [0.717, 1.165) is 37.5 Å². The van der Waals surface area contributed by atoms with Crippen LogP contribution in [-0.4, -0.2) is 43.6 Å². The fraction of sp³-hybridized carbons (Fsp3) is 0.562. The number of aryl methyl sites for hydroxylation is 1. The number of benzene rings is 1. The fourth-order valence-electron chi connectivity index (χ4n) is 3.24. The second kappa shape index (κ2) is 6.24. The normalized spacial score (nSPS) is 25.5. The van der Waals surface area contributed by atoms with Gasteiger partial charge in [-0.25, -0.2) is 0 Å². The zero-order valence-corrected chi connectivity index (χ0v) is 13.0. The summed E-state index contributed by atoms with van der Waals surface area (Å²) in [6, 6.07) is 5.81. The lowest BCUT2D eigenvalue weighted by atomic mass is 9.89. The summed E-state index contributed by atoms with van der Waals surface area (Å²) in [4.78, 5) is 13.8. The maximum atomic E-state index is 11.4. The maximum absolute atomic E-state index is 11.4. The molecule has 1 aromatic rings. The van der Waals surface area contributed by atoms with Crippen molar-refractivity contribution in [2.45, 2.75) is 13.3 Å². The van der Waals surface area contributed by atoms with Gasteiger partial charge < -0.3 is 10.1 Å². The van der Waals surface area contributed by atoms with Crippen molar-refractivity contribution in [3.05, 3.63) is 28.8 Å². The van der Waals surface area contributed by atoms with Crippen molar-refractivity contribution < 1.29 is 9.53 Å². The summed E-state index contributed by atoms with van der Waals surface area (Å²) in [5, 5.41) is 3.61. The number of fused-ring (bicyclic) bond motifs is 1. The lowest BCUT2D eigenvalue weighted by Gasteiger charge is -2.23. The van der Waals surface area contributed by atoms with Gasteiger partial charge in [0.2, 0.25) is 5.91 Å². The van der Waals surface area contributed by atoms with Gasteiger partial charge in [-0.15, -0.1) is 0 Å². The minimum atomic E-state index is 0.195. The van der Waals surface area contributed by atoms with Gasteiger partial charge in [0.1, 0.15) is 12.4 Å². The van der Waals surface area contributed by atoms with Gasteiger partial charge in [-0.05, 0) is 36.5 Å². The highest BCUT2D eigenvalue weighted by Gasteiger charge is 2.36. The number of nitrogens with zero attached hydrogens (tertiary/aromatic N) is 1. The zero-order chi connectivity index (χ0) is 14.8. The molecule has 3 rings (SSSR count). The molecule has 2 fully saturated rings. The molecule has 21 heavy (non-hydrogen) atoms. The summed E-state index contributed by atoms with van der Waals surface area (Å²) in [5.41, 5.74) is 1.14. The van der Waals surface area contributed by atoms with E-state index in [4.69, 9.17) is 16.3 Å². The SMILES string of the molecule is Cc1ccc(Cl)c(OCCN2C[C@H]3CC(=O)NC[C@H]3C2)c1. The first-order chi connectivity index (χ1) is 10.1. The van der Waals surface area contributed by atoms with E-state index in [-0.39, 0.29) is 5.91 Å². The largest absolute Gasteiger partial charge is 0.491 e. The zero-order valence-electron chi connectivity index (χ0n) is 12.3. The van der Waals surface area contributed by atoms with Crippen LogP contribution in [0.2, 0.25) is 5.02 Å². The number of nitrogens with one attached hydrogen (secondary N) is 1. The van der Waals surface area contributed by atoms with Crippen LogP contribution in [0.1, 0.15) is 12.0 Å². The molecule has 2 saturated heterocycles. The first kappa shape index (κ1) is 14.7. The second-order valence-corrected chi connectivity index (χ2v) is 6.48. The first-order valence-corrected chi connectivity index (χ1v) is 7.87. The van der Waals surface area contributed by atoms with E-state index in [9.17, 15) is 4.79 Å². The number of rotatable bonds is 4. The maximum Gasteiger partial charge on any atom is 0.220 e. The average molecular weight is 309 g/mol. The minimum Gasteiger partial charge on any atom is -0.491 e. The van der Waals surface area contributed by atoms with Crippen molar-refractivity contribution >= 4 is 17.5 Å². The van der Waals surface area contributed by atoms with E-state index in [2.05, 4.69) is 10.2 Å². The number of ether oxygens (including phenoxy) is 1. The lowest BCUT2D eigenvalue weighted by molar-refractivity contribution is -0.124. The van der Waals surface area contributed by atoms with Crippen molar-refractivity contribution in [3.8, 4) is 5.75 Å². The van der Waals surface area contributed by atoms with Gasteiger partial charge >= 0.3 is 0 Å². The van der Waals surface area contributed by atoms with E-state index < -0.39 is 0 Å². The van der Waals surface area contributed by atoms with Crippen LogP contribution in [-0.2, 0) is 4.79 Å². The Hall–Kier alpha value is -1.26. The molecular formula is C16H21ClN2O2. The van der Waals surface area contributed by atoms with Crippen molar-refractivity contribution in [3.63, 3.8) is 0 Å². The predicted octanol–water partition coefficient (Wildman–Crippen LogP) is 2.10. The molecular weight excluding hydrogens is 288 g/mol. The molecule has 2 heterocycles. The third-order valence-corrected chi connectivity index (χ3v) is 4.73. The highest BCUT2D eigenvalue weighted by molar-refractivity contribution is 6.32. The van der Waals surface area contributed by atoms with Crippen LogP contribution in [0.4, 0.5) is 0 Å². The van der Waals surface area contributed by atoms with E-state index in [1.165, 1.54) is 0 Å². The highest BCUT2D eigenvalue weighted by atomic mass is 35.5. The van der Waals surface area contributed by atoms with E-state index >= 15 is 0 Å². The van der Waals surface area contributed by atoms with Crippen LogP contribution in [0, 0.1) is 18.8 Å². The summed E-state index contributed by atoms with van der Waals surface area (Å²) in [5.74, 6) is 2.07. The Balaban J connectivity index is 1.48. The Morgan fingerprint density at radius 2 is 2.19 bits per heavy atom. The third kappa shape index (κ3) is 3.50. The fourth-order valence-corrected chi connectivity index (χ4v) is 3.41. The molecule has 0 bridgehead atoms. The van der Waals surface area contributed by atoms with Crippen LogP contribution in [0.25, 0.3) is 0 Å². The standard InChI is InChI=1S/C16H21ClN2O2/c1-11-2-3-14(17)15(6-11)21-5-4-19-9-12-7-16(20)18-8-13(12)10-19/h2-3,6,12-13H,4-5,7-10H2,1H3,(H,18,20)/t12-,13+/m1/s1. The van der Waals surface area contributed by atoms with E-state index in [0.29, 0.717) is 29.9 Å². The average Bonchev–Trinajstić information content (AvgIpc) is 2.84. The molecule has 0 spiro atoms. The van der Waals surface area contributed by atoms with E-state index in [1.807, 2.05) is 25.1 Å². The highest BCUT2D eigenvalue weighted by Crippen LogP contribution is 2.29. The molecule has 2 aliphatic rings. The lowest BCUT2D eigenvalue weighted by Crippen LogP contribution is -2.39. The van der Waals surface area contributed by atoms with Crippen LogP contribution in [0.3, 0.4) is 0 Å². The third-order valence-electron chi connectivity index (χ3n) is 4.41. The summed E-state index contributed by atoms with van der Waals surface area (Å²) in [6.07, 6.45) is 0.672. The molecule has 5 heteroatoms. The summed E-state index contributed by atoms with van der Waals surface area (Å²) in [7, 11) is 0. The van der Waals surface area contributed by atoms with Crippen molar-refractivity contribution in [1.82, 2.24) is 10.2 Å². The first-order valence-electron chi connectivity index (χ1n) is 7.50. The van der Waals surface area contributed by atoms with Crippen LogP contribution in [0.15, 0.2) is 18.2 Å². The Morgan fingerprint density at radius 3 is 3.05 bits per heavy atom. The molecule has 0 aliphatic carbocycles. The van der Waals surface area contributed by atoms with Crippen molar-refractivity contribution in [2.24, 2.45) is 11.8 Å². The monoisotopic (exact) mass is 308 g/mol. The molecule has 2 aliphatic heterocycles. The van der Waals surface area contributed by atoms with Crippen molar-refractivity contribution in [1.29, 1.82) is 0 Å². The van der Waals surface area contributed by atoms with Crippen molar-refractivity contribution in [2.75, 3.05) is 32.8 Å². The molecule has 1 amide bonds. The van der Waals surface area contributed by atoms with Gasteiger partial charge in [-0.1, -0.05) is 17.7 Å². The number of hydrogen-bond donors (Lipinski definition) is 1. The van der Waals surface area contributed by atoms with Crippen LogP contribution >= 0.6 is 11.6 Å². The van der Waals surface area contributed by atoms with Crippen LogP contribution < -0.4 is 10.1 Å². The predicted molar refractivity (Wildman–Crippen MR) is 82.7 cm³/mol. The molecule has 4 nitrogen and oxygen atoms in total. The van der Waals surface area contributed by atoms with Gasteiger partial charge in [-0.2, -0.15) is 0 Å². The summed E-state index contributed by atoms with van der Waals surface area (Å²) < 4.78 is 5.80. The minimum absolute atomic E-state index is 0.195. The Morgan fingerprint density at radius 1 is 1.38 bits per heavy atom. The molecule has 1 aromatic carbocycles. The number of hydrogen-bond acceptors (Lipinski definition) is 3. The van der Waals surface area contributed by atoms with Gasteiger partial charge in [-0.3, -0.25) is 9.69 Å². The molecule has 0 aromatic heterocycles. The number of halogens is 1. The van der Waals surface area contributed by atoms with Gasteiger partial charge in [0.05, 0.1) is 5.02 Å². The summed E-state index contributed by atoms with van der Waals surface area (Å²) in [6.45, 7) is 6.41. The topological polar surface area (TPSA) is 41.6 Å². The molecule has 114 valence electrons. The Kier molecular flexibility index (Phi) is 4.36. The van der Waals surface area contributed by atoms with Gasteiger partial charge in [0.15, 0.2) is 0 Å².